The summed E-state index contributed by atoms with van der Waals surface area (Å²) in [4.78, 5) is 11.0. The van der Waals surface area contributed by atoms with Crippen molar-refractivity contribution in [3.05, 3.63) is 75.7 Å². The summed E-state index contributed by atoms with van der Waals surface area (Å²) in [5.74, 6) is -0.498. The molecule has 6 heteroatoms. The zero-order chi connectivity index (χ0) is 20.8. The van der Waals surface area contributed by atoms with Gasteiger partial charge in [-0.2, -0.15) is 0 Å². The Hall–Kier alpha value is -2.41. The van der Waals surface area contributed by atoms with Crippen molar-refractivity contribution in [3.8, 4) is 16.9 Å². The van der Waals surface area contributed by atoms with Crippen molar-refractivity contribution in [2.24, 2.45) is 0 Å². The van der Waals surface area contributed by atoms with Gasteiger partial charge < -0.3 is 9.84 Å². The van der Waals surface area contributed by atoms with Crippen LogP contribution in [0.2, 0.25) is 0 Å². The number of carbonyl (C=O) groups is 1. The van der Waals surface area contributed by atoms with E-state index in [1.165, 1.54) is 20.2 Å². The van der Waals surface area contributed by atoms with Crippen LogP contribution in [0.25, 0.3) is 42.1 Å². The molecule has 0 unspecified atom stereocenters. The van der Waals surface area contributed by atoms with Crippen LogP contribution in [0.1, 0.15) is 0 Å². The molecule has 0 radical (unpaired) electrons. The maximum atomic E-state index is 11.0. The number of hydrogen-bond acceptors (Lipinski definition) is 3. The molecule has 0 bridgehead atoms. The van der Waals surface area contributed by atoms with Gasteiger partial charge in [0.1, 0.15) is 5.75 Å². The van der Waals surface area contributed by atoms with Gasteiger partial charge in [0.05, 0.1) is 9.17 Å². The number of carboxylic acids is 1. The van der Waals surface area contributed by atoms with Crippen LogP contribution in [0.5, 0.6) is 5.75 Å². The van der Waals surface area contributed by atoms with Crippen LogP contribution < -0.4 is 4.74 Å². The predicted octanol–water partition coefficient (Wildman–Crippen LogP) is 7.86. The van der Waals surface area contributed by atoms with E-state index in [9.17, 15) is 4.79 Å². The summed E-state index contributed by atoms with van der Waals surface area (Å²) < 4.78 is 9.76. The van der Waals surface area contributed by atoms with Crippen LogP contribution in [-0.4, -0.2) is 17.7 Å². The topological polar surface area (TPSA) is 46.5 Å². The highest BCUT2D eigenvalue weighted by Gasteiger charge is 2.19. The quantitative estimate of drug-likeness (QED) is 0.252. The van der Waals surface area contributed by atoms with E-state index in [0.29, 0.717) is 5.75 Å². The third-order valence-corrected chi connectivity index (χ3v) is 7.98. The number of fused-ring (bicyclic) bond motifs is 4. The highest BCUT2D eigenvalue weighted by Crippen LogP contribution is 2.48. The van der Waals surface area contributed by atoms with Crippen molar-refractivity contribution < 1.29 is 14.6 Å². The lowest BCUT2D eigenvalue weighted by Crippen LogP contribution is -2.09. The molecule has 0 saturated heterocycles. The Kier molecular flexibility index (Phi) is 5.01. The van der Waals surface area contributed by atoms with Crippen LogP contribution in [0.3, 0.4) is 0 Å². The first-order valence-corrected chi connectivity index (χ1v) is 11.6. The maximum Gasteiger partial charge on any atom is 0.341 e. The number of aliphatic carboxylic acids is 1. The average Bonchev–Trinajstić information content (AvgIpc) is 3.14. The maximum absolute atomic E-state index is 11.0. The Balaban J connectivity index is 1.89. The van der Waals surface area contributed by atoms with Crippen LogP contribution in [0.4, 0.5) is 0 Å². The van der Waals surface area contributed by atoms with E-state index >= 15 is 0 Å². The Labute approximate surface area is 193 Å². The monoisotopic (exact) mass is 540 g/mol. The first-order chi connectivity index (χ1) is 14.5. The smallest absolute Gasteiger partial charge is 0.341 e. The molecule has 30 heavy (non-hydrogen) atoms. The number of benzene rings is 4. The number of rotatable bonds is 4. The van der Waals surface area contributed by atoms with Crippen molar-refractivity contribution in [2.45, 2.75) is 0 Å². The second-order valence-electron chi connectivity index (χ2n) is 6.86. The summed E-state index contributed by atoms with van der Waals surface area (Å²) in [6, 6.07) is 22.6. The van der Waals surface area contributed by atoms with Crippen LogP contribution in [-0.2, 0) is 4.79 Å². The molecular formula is C24H14Br2O3S. The van der Waals surface area contributed by atoms with Crippen LogP contribution >= 0.6 is 43.2 Å². The number of hydrogen-bond donors (Lipinski definition) is 1. The molecule has 148 valence electrons. The van der Waals surface area contributed by atoms with Gasteiger partial charge in [-0.25, -0.2) is 4.79 Å². The fraction of sp³-hybridized carbons (Fsp3) is 0.0417. The van der Waals surface area contributed by atoms with E-state index in [2.05, 4.69) is 68.3 Å². The van der Waals surface area contributed by atoms with E-state index < -0.39 is 5.97 Å². The molecule has 0 spiro atoms. The van der Waals surface area contributed by atoms with Gasteiger partial charge in [0.25, 0.3) is 0 Å². The predicted molar refractivity (Wildman–Crippen MR) is 131 cm³/mol. The summed E-state index contributed by atoms with van der Waals surface area (Å²) >= 11 is 9.09. The van der Waals surface area contributed by atoms with Crippen LogP contribution in [0.15, 0.2) is 75.7 Å². The molecule has 0 fully saturated rings. The molecule has 3 nitrogen and oxygen atoms in total. The van der Waals surface area contributed by atoms with E-state index in [0.717, 1.165) is 30.8 Å². The lowest BCUT2D eigenvalue weighted by atomic mass is 9.93. The van der Waals surface area contributed by atoms with E-state index in [1.54, 1.807) is 11.3 Å². The summed E-state index contributed by atoms with van der Waals surface area (Å²) in [5.41, 5.74) is 2.10. The molecular weight excluding hydrogens is 528 g/mol. The zero-order valence-electron chi connectivity index (χ0n) is 15.5. The van der Waals surface area contributed by atoms with Crippen LogP contribution in [0, 0.1) is 0 Å². The Morgan fingerprint density at radius 3 is 2.40 bits per heavy atom. The number of ether oxygens (including phenoxy) is 1. The van der Waals surface area contributed by atoms with Gasteiger partial charge in [-0.05, 0) is 72.0 Å². The van der Waals surface area contributed by atoms with Gasteiger partial charge in [0.2, 0.25) is 0 Å². The SMILES string of the molecule is O=C(O)COc1cc(-c2c3ccccc3c(Br)c3sc4ccccc4c23)ccc1Br. The summed E-state index contributed by atoms with van der Waals surface area (Å²) in [6.45, 7) is -0.389. The molecule has 5 rings (SSSR count). The second kappa shape index (κ2) is 7.69. The second-order valence-corrected chi connectivity index (χ2v) is 9.56. The molecule has 1 N–H and O–H groups in total. The molecule has 1 heterocycles. The standard InChI is InChI=1S/C24H14Br2O3S/c25-17-10-9-13(11-18(17)29-12-20(27)28)21-14-5-1-2-6-15(14)23(26)24-22(21)16-7-3-4-8-19(16)30-24/h1-11H,12H2,(H,27,28). The third-order valence-electron chi connectivity index (χ3n) is 5.05. The highest BCUT2D eigenvalue weighted by molar-refractivity contribution is 9.11. The van der Waals surface area contributed by atoms with Crippen molar-refractivity contribution in [1.82, 2.24) is 0 Å². The van der Waals surface area contributed by atoms with Gasteiger partial charge >= 0.3 is 5.97 Å². The minimum atomic E-state index is -1.01. The first-order valence-electron chi connectivity index (χ1n) is 9.20. The van der Waals surface area contributed by atoms with Gasteiger partial charge in [-0.15, -0.1) is 11.3 Å². The van der Waals surface area contributed by atoms with E-state index in [-0.39, 0.29) is 6.61 Å². The Morgan fingerprint density at radius 1 is 0.933 bits per heavy atom. The lowest BCUT2D eigenvalue weighted by Gasteiger charge is -2.14. The fourth-order valence-corrected chi connectivity index (χ4v) is 6.11. The molecule has 0 atom stereocenters. The Morgan fingerprint density at radius 2 is 1.63 bits per heavy atom. The molecule has 0 aliphatic heterocycles. The third kappa shape index (κ3) is 3.20. The Bertz CT molecular complexity index is 1460. The molecule has 1 aromatic heterocycles. The molecule has 0 aliphatic carbocycles. The van der Waals surface area contributed by atoms with E-state index in [1.807, 2.05) is 30.3 Å². The van der Waals surface area contributed by atoms with Crippen molar-refractivity contribution >= 4 is 80.1 Å². The highest BCUT2D eigenvalue weighted by atomic mass is 79.9. The van der Waals surface area contributed by atoms with Gasteiger partial charge in [0.15, 0.2) is 6.61 Å². The average molecular weight is 542 g/mol. The molecule has 0 saturated carbocycles. The molecule has 4 aromatic carbocycles. The summed E-state index contributed by atoms with van der Waals surface area (Å²) in [7, 11) is 0. The number of halogens is 2. The van der Waals surface area contributed by atoms with Crippen molar-refractivity contribution in [3.63, 3.8) is 0 Å². The van der Waals surface area contributed by atoms with Gasteiger partial charge in [-0.3, -0.25) is 0 Å². The molecule has 0 aliphatic rings. The largest absolute Gasteiger partial charge is 0.481 e. The minimum absolute atomic E-state index is 0.389. The summed E-state index contributed by atoms with van der Waals surface area (Å²) in [5, 5.41) is 13.7. The van der Waals surface area contributed by atoms with Gasteiger partial charge in [0, 0.05) is 19.9 Å². The first kappa shape index (κ1) is 19.5. The van der Waals surface area contributed by atoms with Crippen molar-refractivity contribution in [2.75, 3.05) is 6.61 Å². The lowest BCUT2D eigenvalue weighted by molar-refractivity contribution is -0.139. The van der Waals surface area contributed by atoms with Crippen molar-refractivity contribution in [1.29, 1.82) is 0 Å². The fourth-order valence-electron chi connectivity index (χ4n) is 3.81. The van der Waals surface area contributed by atoms with Gasteiger partial charge in [-0.1, -0.05) is 48.5 Å². The molecule has 5 aromatic rings. The van der Waals surface area contributed by atoms with E-state index in [4.69, 9.17) is 9.84 Å². The normalized spacial score (nSPS) is 11.4. The summed E-state index contributed by atoms with van der Waals surface area (Å²) in [6.07, 6.45) is 0. The molecule has 0 amide bonds. The number of thiophene rings is 1. The minimum Gasteiger partial charge on any atom is -0.481 e. The number of carboxylic acid groups (broad SMARTS) is 1. The zero-order valence-corrected chi connectivity index (χ0v) is 19.5.